The molecule has 0 bridgehead atoms. The molecule has 1 saturated heterocycles. The van der Waals surface area contributed by atoms with E-state index in [-0.39, 0.29) is 19.4 Å². The lowest BCUT2D eigenvalue weighted by Crippen LogP contribution is -2.50. The van der Waals surface area contributed by atoms with Gasteiger partial charge in [0.2, 0.25) is 5.91 Å². The second-order valence-electron chi connectivity index (χ2n) is 6.13. The molecule has 9 heteroatoms. The van der Waals surface area contributed by atoms with Gasteiger partial charge in [0.05, 0.1) is 31.5 Å². The number of nitrogens with one attached hydrogen (secondary N) is 3. The Morgan fingerprint density at radius 2 is 2.25 bits per heavy atom. The van der Waals surface area contributed by atoms with Crippen molar-refractivity contribution in [3.05, 3.63) is 24.4 Å². The van der Waals surface area contributed by atoms with Gasteiger partial charge in [-0.25, -0.2) is 15.4 Å². The maximum atomic E-state index is 12.4. The van der Waals surface area contributed by atoms with E-state index in [2.05, 4.69) is 27.0 Å². The van der Waals surface area contributed by atoms with Gasteiger partial charge in [0.15, 0.2) is 0 Å². The summed E-state index contributed by atoms with van der Waals surface area (Å²) < 4.78 is 4.84. The fourth-order valence-electron chi connectivity index (χ4n) is 2.66. The molecule has 0 saturated carbocycles. The van der Waals surface area contributed by atoms with Crippen LogP contribution in [0.15, 0.2) is 24.4 Å². The number of nitrogens with zero attached hydrogens (tertiary/aromatic N) is 2. The first-order valence-electron chi connectivity index (χ1n) is 9.18. The molecule has 1 fully saturated rings. The summed E-state index contributed by atoms with van der Waals surface area (Å²) >= 11 is 0. The highest BCUT2D eigenvalue weighted by Gasteiger charge is 2.39. The van der Waals surface area contributed by atoms with Crippen molar-refractivity contribution >= 4 is 23.6 Å². The number of amides is 2. The molecule has 150 valence electrons. The number of hydrogen-bond donors (Lipinski definition) is 3. The highest BCUT2D eigenvalue weighted by Crippen LogP contribution is 2.12. The standard InChI is InChI=1S/C19H25N5O4/c1-3-14(12-18(26)28-4-2)23-24-17(25)13-15(19(24)27)20-10-7-11-22-16-8-5-6-9-21-16/h1,5-6,8-9,14-15,20,23H,4,7,10-13H2,2H3,(H,21,22). The Labute approximate surface area is 164 Å². The first kappa shape index (κ1) is 21.3. The van der Waals surface area contributed by atoms with Gasteiger partial charge in [0.1, 0.15) is 5.82 Å². The maximum Gasteiger partial charge on any atom is 0.308 e. The highest BCUT2D eigenvalue weighted by atomic mass is 16.5. The minimum Gasteiger partial charge on any atom is -0.466 e. The maximum absolute atomic E-state index is 12.4. The minimum absolute atomic E-state index is 0.0379. The van der Waals surface area contributed by atoms with E-state index >= 15 is 0 Å². The second kappa shape index (κ2) is 11.0. The topological polar surface area (TPSA) is 113 Å². The fourth-order valence-corrected chi connectivity index (χ4v) is 2.66. The van der Waals surface area contributed by atoms with Crippen LogP contribution in [0.4, 0.5) is 5.82 Å². The molecular formula is C19H25N5O4. The molecular weight excluding hydrogens is 362 g/mol. The van der Waals surface area contributed by atoms with E-state index in [1.807, 2.05) is 18.2 Å². The van der Waals surface area contributed by atoms with Crippen molar-refractivity contribution in [2.45, 2.75) is 38.3 Å². The first-order chi connectivity index (χ1) is 13.5. The van der Waals surface area contributed by atoms with Gasteiger partial charge in [-0.15, -0.1) is 6.42 Å². The van der Waals surface area contributed by atoms with Crippen LogP contribution in [0.2, 0.25) is 0 Å². The van der Waals surface area contributed by atoms with Crippen molar-refractivity contribution in [2.75, 3.05) is 25.0 Å². The number of imide groups is 1. The Morgan fingerprint density at radius 1 is 1.43 bits per heavy atom. The lowest BCUT2D eigenvalue weighted by molar-refractivity contribution is -0.147. The number of aromatic nitrogens is 1. The molecule has 2 atom stereocenters. The largest absolute Gasteiger partial charge is 0.466 e. The summed E-state index contributed by atoms with van der Waals surface area (Å²) in [6.07, 6.45) is 7.75. The van der Waals surface area contributed by atoms with Crippen LogP contribution in [0.3, 0.4) is 0 Å². The molecule has 2 rings (SSSR count). The van der Waals surface area contributed by atoms with Gasteiger partial charge in [-0.1, -0.05) is 12.0 Å². The quantitative estimate of drug-likeness (QED) is 0.211. The molecule has 3 N–H and O–H groups in total. The number of esters is 1. The molecule has 2 unspecified atom stereocenters. The zero-order valence-corrected chi connectivity index (χ0v) is 15.8. The van der Waals surface area contributed by atoms with E-state index in [1.54, 1.807) is 13.1 Å². The summed E-state index contributed by atoms with van der Waals surface area (Å²) in [5.41, 5.74) is 2.64. The Kier molecular flexibility index (Phi) is 8.39. The van der Waals surface area contributed by atoms with Crippen molar-refractivity contribution in [1.29, 1.82) is 0 Å². The number of ether oxygens (including phenoxy) is 1. The van der Waals surface area contributed by atoms with Crippen LogP contribution < -0.4 is 16.1 Å². The van der Waals surface area contributed by atoms with Crippen molar-refractivity contribution < 1.29 is 19.1 Å². The summed E-state index contributed by atoms with van der Waals surface area (Å²) in [6, 6.07) is 4.19. The average molecular weight is 387 g/mol. The van der Waals surface area contributed by atoms with Crippen LogP contribution in [-0.4, -0.2) is 59.6 Å². The SMILES string of the molecule is C#CC(CC(=O)OCC)NN1C(=O)CC(NCCCNc2ccccn2)C1=O. The number of rotatable bonds is 11. The van der Waals surface area contributed by atoms with Gasteiger partial charge in [-0.3, -0.25) is 14.4 Å². The smallest absolute Gasteiger partial charge is 0.308 e. The normalized spacial score (nSPS) is 17.3. The number of pyridine rings is 1. The Morgan fingerprint density at radius 3 is 2.93 bits per heavy atom. The van der Waals surface area contributed by atoms with Crippen LogP contribution >= 0.6 is 0 Å². The van der Waals surface area contributed by atoms with E-state index in [1.165, 1.54) is 0 Å². The summed E-state index contributed by atoms with van der Waals surface area (Å²) in [5.74, 6) is 1.85. The van der Waals surface area contributed by atoms with E-state index in [9.17, 15) is 14.4 Å². The number of terminal acetylenes is 1. The van der Waals surface area contributed by atoms with Gasteiger partial charge in [-0.05, 0) is 32.0 Å². The number of hydrazine groups is 1. The van der Waals surface area contributed by atoms with E-state index in [0.29, 0.717) is 13.1 Å². The lowest BCUT2D eigenvalue weighted by atomic mass is 10.2. The van der Waals surface area contributed by atoms with Crippen LogP contribution in [0.1, 0.15) is 26.2 Å². The number of anilines is 1. The van der Waals surface area contributed by atoms with Crippen LogP contribution in [0.25, 0.3) is 0 Å². The van der Waals surface area contributed by atoms with Gasteiger partial charge in [0, 0.05) is 12.7 Å². The van der Waals surface area contributed by atoms with Gasteiger partial charge >= 0.3 is 5.97 Å². The molecule has 0 aliphatic carbocycles. The lowest BCUT2D eigenvalue weighted by Gasteiger charge is -2.20. The third-order valence-electron chi connectivity index (χ3n) is 4.02. The van der Waals surface area contributed by atoms with Crippen molar-refractivity contribution in [3.63, 3.8) is 0 Å². The van der Waals surface area contributed by atoms with Crippen molar-refractivity contribution in [2.24, 2.45) is 0 Å². The predicted octanol–water partition coefficient (Wildman–Crippen LogP) is 0.0603. The van der Waals surface area contributed by atoms with E-state index < -0.39 is 29.9 Å². The molecule has 9 nitrogen and oxygen atoms in total. The van der Waals surface area contributed by atoms with Crippen LogP contribution in [-0.2, 0) is 19.1 Å². The van der Waals surface area contributed by atoms with Crippen molar-refractivity contribution in [3.8, 4) is 12.3 Å². The zero-order valence-electron chi connectivity index (χ0n) is 15.8. The zero-order chi connectivity index (χ0) is 20.4. The Hall–Kier alpha value is -2.96. The molecule has 0 spiro atoms. The van der Waals surface area contributed by atoms with Gasteiger partial charge in [-0.2, -0.15) is 0 Å². The Bertz CT molecular complexity index is 719. The molecule has 1 aliphatic rings. The van der Waals surface area contributed by atoms with Crippen molar-refractivity contribution in [1.82, 2.24) is 20.7 Å². The number of carbonyl (C=O) groups excluding carboxylic acids is 3. The molecule has 1 aromatic heterocycles. The van der Waals surface area contributed by atoms with Gasteiger partial charge < -0.3 is 15.4 Å². The molecule has 0 radical (unpaired) electrons. The molecule has 2 amide bonds. The summed E-state index contributed by atoms with van der Waals surface area (Å²) in [6.45, 7) is 3.16. The molecule has 0 aromatic carbocycles. The molecule has 1 aliphatic heterocycles. The first-order valence-corrected chi connectivity index (χ1v) is 9.18. The summed E-state index contributed by atoms with van der Waals surface area (Å²) in [5, 5.41) is 7.14. The van der Waals surface area contributed by atoms with Gasteiger partial charge in [0.25, 0.3) is 5.91 Å². The van der Waals surface area contributed by atoms with Crippen LogP contribution in [0.5, 0.6) is 0 Å². The second-order valence-corrected chi connectivity index (χ2v) is 6.13. The minimum atomic E-state index is -0.798. The van der Waals surface area contributed by atoms with Crippen LogP contribution in [0, 0.1) is 12.3 Å². The number of carbonyl (C=O) groups is 3. The fraction of sp³-hybridized carbons (Fsp3) is 0.474. The highest BCUT2D eigenvalue weighted by molar-refractivity contribution is 6.05. The van der Waals surface area contributed by atoms with E-state index in [4.69, 9.17) is 11.2 Å². The molecule has 2 heterocycles. The molecule has 1 aromatic rings. The number of hydrogen-bond acceptors (Lipinski definition) is 8. The van der Waals surface area contributed by atoms with E-state index in [0.717, 1.165) is 17.2 Å². The third-order valence-corrected chi connectivity index (χ3v) is 4.02. The predicted molar refractivity (Wildman–Crippen MR) is 103 cm³/mol. The monoisotopic (exact) mass is 387 g/mol. The average Bonchev–Trinajstić information content (AvgIpc) is 2.95. The Balaban J connectivity index is 1.74. The summed E-state index contributed by atoms with van der Waals surface area (Å²) in [4.78, 5) is 40.3. The molecule has 28 heavy (non-hydrogen) atoms. The summed E-state index contributed by atoms with van der Waals surface area (Å²) in [7, 11) is 0. The third kappa shape index (κ3) is 6.33.